The molecule has 0 spiro atoms. The Balaban J connectivity index is 1.45. The number of halogens is 1. The highest BCUT2D eigenvalue weighted by Crippen LogP contribution is 2.31. The average molecular weight is 399 g/mol. The smallest absolute Gasteiger partial charge is 0.277 e. The van der Waals surface area contributed by atoms with Crippen molar-refractivity contribution in [1.82, 2.24) is 15.2 Å². The van der Waals surface area contributed by atoms with Gasteiger partial charge in [0.2, 0.25) is 5.91 Å². The van der Waals surface area contributed by atoms with Gasteiger partial charge in [0.05, 0.1) is 10.8 Å². The fourth-order valence-electron chi connectivity index (χ4n) is 2.60. The van der Waals surface area contributed by atoms with Crippen LogP contribution in [0.1, 0.15) is 6.92 Å². The molecule has 27 heavy (non-hydrogen) atoms. The van der Waals surface area contributed by atoms with E-state index in [9.17, 15) is 4.79 Å². The van der Waals surface area contributed by atoms with Crippen LogP contribution in [-0.2, 0) is 4.79 Å². The van der Waals surface area contributed by atoms with Crippen LogP contribution in [0, 0.1) is 0 Å². The van der Waals surface area contributed by atoms with Gasteiger partial charge in [0.15, 0.2) is 0 Å². The summed E-state index contributed by atoms with van der Waals surface area (Å²) in [7, 11) is 0. The molecule has 8 heteroatoms. The fourth-order valence-corrected chi connectivity index (χ4v) is 3.41. The number of H-pyrrole nitrogens is 1. The zero-order valence-electron chi connectivity index (χ0n) is 14.3. The highest BCUT2D eigenvalue weighted by atomic mass is 35.5. The van der Waals surface area contributed by atoms with Gasteiger partial charge < -0.3 is 14.7 Å². The van der Waals surface area contributed by atoms with Crippen molar-refractivity contribution < 1.29 is 9.21 Å². The molecule has 0 saturated carbocycles. The van der Waals surface area contributed by atoms with E-state index in [2.05, 4.69) is 20.5 Å². The predicted molar refractivity (Wildman–Crippen MR) is 107 cm³/mol. The van der Waals surface area contributed by atoms with Crippen molar-refractivity contribution in [3.8, 4) is 11.5 Å². The number of aromatic nitrogens is 3. The summed E-state index contributed by atoms with van der Waals surface area (Å²) < 4.78 is 5.75. The third kappa shape index (κ3) is 3.84. The van der Waals surface area contributed by atoms with Gasteiger partial charge in [-0.05, 0) is 37.3 Å². The molecule has 2 aromatic carbocycles. The van der Waals surface area contributed by atoms with E-state index in [4.69, 9.17) is 16.0 Å². The highest BCUT2D eigenvalue weighted by molar-refractivity contribution is 8.00. The van der Waals surface area contributed by atoms with Gasteiger partial charge in [-0.15, -0.1) is 10.2 Å². The largest absolute Gasteiger partial charge is 0.411 e. The average Bonchev–Trinajstić information content (AvgIpc) is 3.30. The molecule has 0 fully saturated rings. The number of nitrogens with one attached hydrogen (secondary N) is 2. The fraction of sp³-hybridized carbons (Fsp3) is 0.105. The SMILES string of the molecule is CC(Sc1nnc(-c2c[nH]c3ccccc23)o1)C(=O)Nc1ccc(Cl)cc1. The minimum atomic E-state index is -0.406. The summed E-state index contributed by atoms with van der Waals surface area (Å²) in [5.41, 5.74) is 2.51. The Morgan fingerprint density at radius 1 is 1.19 bits per heavy atom. The van der Waals surface area contributed by atoms with Crippen molar-refractivity contribution in [2.24, 2.45) is 0 Å². The van der Waals surface area contributed by atoms with E-state index in [1.807, 2.05) is 30.5 Å². The number of hydrogen-bond donors (Lipinski definition) is 2. The minimum absolute atomic E-state index is 0.158. The second kappa shape index (κ2) is 7.46. The number of carbonyl (C=O) groups excluding carboxylic acids is 1. The number of amides is 1. The summed E-state index contributed by atoms with van der Waals surface area (Å²) in [6.45, 7) is 1.78. The van der Waals surface area contributed by atoms with Crippen LogP contribution in [0.5, 0.6) is 0 Å². The number of para-hydroxylation sites is 1. The van der Waals surface area contributed by atoms with Gasteiger partial charge >= 0.3 is 0 Å². The summed E-state index contributed by atoms with van der Waals surface area (Å²) in [6, 6.07) is 14.8. The van der Waals surface area contributed by atoms with Crippen molar-refractivity contribution in [2.75, 3.05) is 5.32 Å². The van der Waals surface area contributed by atoms with Crippen molar-refractivity contribution in [2.45, 2.75) is 17.4 Å². The summed E-state index contributed by atoms with van der Waals surface area (Å²) in [5.74, 6) is 0.259. The second-order valence-corrected chi connectivity index (χ2v) is 7.61. The number of nitrogens with zero attached hydrogens (tertiary/aromatic N) is 2. The number of thioether (sulfide) groups is 1. The lowest BCUT2D eigenvalue weighted by atomic mass is 10.2. The first kappa shape index (κ1) is 17.6. The Kier molecular flexibility index (Phi) is 4.87. The third-order valence-corrected chi connectivity index (χ3v) is 5.17. The van der Waals surface area contributed by atoms with E-state index in [1.54, 1.807) is 31.2 Å². The molecule has 1 amide bonds. The Hall–Kier alpha value is -2.77. The van der Waals surface area contributed by atoms with Crippen LogP contribution in [-0.4, -0.2) is 26.3 Å². The standard InChI is InChI=1S/C19H15ClN4O2S/c1-11(17(25)22-13-8-6-12(20)7-9-13)27-19-24-23-18(26-19)15-10-21-16-5-3-2-4-14(15)16/h2-11,21H,1H3,(H,22,25). The molecular weight excluding hydrogens is 384 g/mol. The molecule has 2 aromatic heterocycles. The molecule has 1 atom stereocenters. The Morgan fingerprint density at radius 2 is 1.96 bits per heavy atom. The Morgan fingerprint density at radius 3 is 2.78 bits per heavy atom. The number of anilines is 1. The monoisotopic (exact) mass is 398 g/mol. The lowest BCUT2D eigenvalue weighted by Crippen LogP contribution is -2.22. The lowest BCUT2D eigenvalue weighted by Gasteiger charge is -2.09. The quantitative estimate of drug-likeness (QED) is 0.462. The van der Waals surface area contributed by atoms with Gasteiger partial charge in [0.1, 0.15) is 0 Å². The number of rotatable bonds is 5. The van der Waals surface area contributed by atoms with E-state index in [0.29, 0.717) is 21.8 Å². The van der Waals surface area contributed by atoms with Crippen LogP contribution in [0.4, 0.5) is 5.69 Å². The molecule has 4 rings (SSSR count). The van der Waals surface area contributed by atoms with E-state index in [0.717, 1.165) is 16.5 Å². The van der Waals surface area contributed by atoms with Gasteiger partial charge in [0, 0.05) is 27.8 Å². The number of benzene rings is 2. The Labute approximate surface area is 164 Å². The van der Waals surface area contributed by atoms with E-state index in [-0.39, 0.29) is 5.91 Å². The first-order chi connectivity index (χ1) is 13.1. The molecule has 2 N–H and O–H groups in total. The molecule has 0 radical (unpaired) electrons. The molecule has 4 aromatic rings. The van der Waals surface area contributed by atoms with Crippen LogP contribution < -0.4 is 5.32 Å². The van der Waals surface area contributed by atoms with Crippen molar-refractivity contribution in [1.29, 1.82) is 0 Å². The van der Waals surface area contributed by atoms with E-state index in [1.165, 1.54) is 11.8 Å². The lowest BCUT2D eigenvalue weighted by molar-refractivity contribution is -0.115. The summed E-state index contributed by atoms with van der Waals surface area (Å²) in [6.07, 6.45) is 1.84. The van der Waals surface area contributed by atoms with Crippen molar-refractivity contribution in [3.05, 3.63) is 59.8 Å². The maximum atomic E-state index is 12.4. The van der Waals surface area contributed by atoms with E-state index < -0.39 is 5.25 Å². The molecular formula is C19H15ClN4O2S. The van der Waals surface area contributed by atoms with Crippen LogP contribution >= 0.6 is 23.4 Å². The van der Waals surface area contributed by atoms with Crippen LogP contribution in [0.2, 0.25) is 5.02 Å². The maximum absolute atomic E-state index is 12.4. The van der Waals surface area contributed by atoms with Gasteiger partial charge in [-0.1, -0.05) is 41.6 Å². The molecule has 0 bridgehead atoms. The first-order valence-corrected chi connectivity index (χ1v) is 9.49. The van der Waals surface area contributed by atoms with Gasteiger partial charge in [0.25, 0.3) is 11.1 Å². The topological polar surface area (TPSA) is 83.8 Å². The molecule has 1 unspecified atom stereocenters. The molecule has 0 aliphatic carbocycles. The molecule has 0 aliphatic rings. The third-order valence-electron chi connectivity index (χ3n) is 3.98. The minimum Gasteiger partial charge on any atom is -0.411 e. The highest BCUT2D eigenvalue weighted by Gasteiger charge is 2.20. The number of carbonyl (C=O) groups is 1. The first-order valence-electron chi connectivity index (χ1n) is 8.23. The molecule has 2 heterocycles. The van der Waals surface area contributed by atoms with Gasteiger partial charge in [-0.25, -0.2) is 0 Å². The second-order valence-electron chi connectivity index (χ2n) is 5.88. The summed E-state index contributed by atoms with van der Waals surface area (Å²) >= 11 is 7.06. The molecule has 136 valence electrons. The normalized spacial score (nSPS) is 12.2. The van der Waals surface area contributed by atoms with Crippen LogP contribution in [0.25, 0.3) is 22.4 Å². The zero-order chi connectivity index (χ0) is 18.8. The molecule has 0 saturated heterocycles. The summed E-state index contributed by atoms with van der Waals surface area (Å²) in [4.78, 5) is 15.5. The maximum Gasteiger partial charge on any atom is 0.277 e. The zero-order valence-corrected chi connectivity index (χ0v) is 15.8. The molecule has 6 nitrogen and oxygen atoms in total. The Bertz CT molecular complexity index is 1090. The van der Waals surface area contributed by atoms with Gasteiger partial charge in [-0.2, -0.15) is 0 Å². The van der Waals surface area contributed by atoms with E-state index >= 15 is 0 Å². The van der Waals surface area contributed by atoms with Crippen molar-refractivity contribution >= 4 is 45.9 Å². The predicted octanol–water partition coefficient (Wildman–Crippen LogP) is 4.99. The van der Waals surface area contributed by atoms with Gasteiger partial charge in [-0.3, -0.25) is 4.79 Å². The van der Waals surface area contributed by atoms with Crippen LogP contribution in [0.3, 0.4) is 0 Å². The number of aromatic amines is 1. The van der Waals surface area contributed by atoms with Crippen molar-refractivity contribution in [3.63, 3.8) is 0 Å². The number of fused-ring (bicyclic) bond motifs is 1. The van der Waals surface area contributed by atoms with Crippen LogP contribution in [0.15, 0.2) is 64.4 Å². The summed E-state index contributed by atoms with van der Waals surface area (Å²) in [5, 5.41) is 12.6. The molecule has 0 aliphatic heterocycles. The number of hydrogen-bond acceptors (Lipinski definition) is 5.